The molecule has 1 atom stereocenters. The summed E-state index contributed by atoms with van der Waals surface area (Å²) < 4.78 is 7.31. The first-order valence-corrected chi connectivity index (χ1v) is 13.6. The zero-order chi connectivity index (χ0) is 22.8. The van der Waals surface area contributed by atoms with Crippen molar-refractivity contribution in [2.45, 2.75) is 63.1 Å². The molecule has 0 spiro atoms. The average molecular weight is 484 g/mol. The summed E-state index contributed by atoms with van der Waals surface area (Å²) in [4.78, 5) is 33.5. The molecule has 1 N–H and O–H groups in total. The predicted octanol–water partition coefficient (Wildman–Crippen LogP) is 4.41. The number of thioether (sulfide) groups is 1. The fourth-order valence-corrected chi connectivity index (χ4v) is 6.84. The Bertz CT molecular complexity index is 1230. The van der Waals surface area contributed by atoms with Crippen molar-refractivity contribution in [1.29, 1.82) is 0 Å². The summed E-state index contributed by atoms with van der Waals surface area (Å²) in [5.41, 5.74) is 3.01. The molecule has 1 fully saturated rings. The normalized spacial score (nSPS) is 18.3. The number of carbonyl (C=O) groups excluding carboxylic acids is 1. The van der Waals surface area contributed by atoms with Crippen LogP contribution in [0.3, 0.4) is 0 Å². The molecule has 174 valence electrons. The largest absolute Gasteiger partial charge is 0.376 e. The molecule has 8 heteroatoms. The van der Waals surface area contributed by atoms with Crippen LogP contribution in [0.15, 0.2) is 34.2 Å². The number of amides is 1. The van der Waals surface area contributed by atoms with Gasteiger partial charge in [0.25, 0.3) is 5.56 Å². The number of thiophene rings is 1. The quantitative estimate of drug-likeness (QED) is 0.319. The van der Waals surface area contributed by atoms with Crippen molar-refractivity contribution in [2.24, 2.45) is 0 Å². The van der Waals surface area contributed by atoms with E-state index < -0.39 is 0 Å². The smallest absolute Gasteiger partial charge is 0.267 e. The van der Waals surface area contributed by atoms with E-state index in [9.17, 15) is 9.59 Å². The molecule has 3 aromatic rings. The Morgan fingerprint density at radius 2 is 2.09 bits per heavy atom. The lowest BCUT2D eigenvalue weighted by Gasteiger charge is -2.15. The van der Waals surface area contributed by atoms with Crippen LogP contribution < -0.4 is 10.9 Å². The lowest BCUT2D eigenvalue weighted by Crippen LogP contribution is -2.33. The highest BCUT2D eigenvalue weighted by Gasteiger charge is 2.23. The second-order valence-corrected chi connectivity index (χ2v) is 10.8. The van der Waals surface area contributed by atoms with E-state index >= 15 is 0 Å². The molecule has 3 heterocycles. The van der Waals surface area contributed by atoms with Crippen molar-refractivity contribution < 1.29 is 9.53 Å². The van der Waals surface area contributed by atoms with E-state index in [0.717, 1.165) is 66.6 Å². The van der Waals surface area contributed by atoms with Crippen LogP contribution in [0, 0.1) is 6.92 Å². The van der Waals surface area contributed by atoms with E-state index in [2.05, 4.69) is 5.32 Å². The lowest BCUT2D eigenvalue weighted by atomic mass is 10.1. The van der Waals surface area contributed by atoms with E-state index in [-0.39, 0.29) is 23.3 Å². The molecule has 1 amide bonds. The number of carbonyl (C=O) groups is 1. The van der Waals surface area contributed by atoms with Gasteiger partial charge in [-0.15, -0.1) is 11.3 Å². The van der Waals surface area contributed by atoms with Gasteiger partial charge in [0.15, 0.2) is 5.16 Å². The van der Waals surface area contributed by atoms with Gasteiger partial charge >= 0.3 is 0 Å². The van der Waals surface area contributed by atoms with Crippen molar-refractivity contribution in [3.05, 3.63) is 50.6 Å². The first kappa shape index (κ1) is 22.6. The Labute approximate surface area is 201 Å². The van der Waals surface area contributed by atoms with Gasteiger partial charge in [-0.3, -0.25) is 14.2 Å². The maximum absolute atomic E-state index is 13.9. The van der Waals surface area contributed by atoms with Crippen LogP contribution in [-0.4, -0.2) is 40.5 Å². The molecule has 5 rings (SSSR count). The summed E-state index contributed by atoms with van der Waals surface area (Å²) in [6.45, 7) is 3.31. The molecule has 33 heavy (non-hydrogen) atoms. The molecular weight excluding hydrogens is 454 g/mol. The minimum atomic E-state index is -0.0665. The van der Waals surface area contributed by atoms with Crippen LogP contribution in [0.25, 0.3) is 15.9 Å². The van der Waals surface area contributed by atoms with Crippen LogP contribution in [0.1, 0.15) is 48.1 Å². The van der Waals surface area contributed by atoms with Crippen LogP contribution in [0.4, 0.5) is 0 Å². The van der Waals surface area contributed by atoms with Gasteiger partial charge in [-0.2, -0.15) is 0 Å². The van der Waals surface area contributed by atoms with E-state index in [0.29, 0.717) is 11.7 Å². The summed E-state index contributed by atoms with van der Waals surface area (Å²) in [6.07, 6.45) is 7.60. The molecule has 0 radical (unpaired) electrons. The Hall–Kier alpha value is -2.16. The number of fused-ring (bicyclic) bond motifs is 3. The van der Waals surface area contributed by atoms with E-state index in [1.54, 1.807) is 15.9 Å². The second kappa shape index (κ2) is 9.99. The first-order chi connectivity index (χ1) is 16.1. The maximum Gasteiger partial charge on any atom is 0.267 e. The number of benzene rings is 1. The van der Waals surface area contributed by atoms with Gasteiger partial charge in [0.05, 0.1) is 22.9 Å². The minimum Gasteiger partial charge on any atom is -0.376 e. The molecule has 2 aromatic heterocycles. The fourth-order valence-electron chi connectivity index (χ4n) is 4.70. The van der Waals surface area contributed by atoms with Gasteiger partial charge in [0, 0.05) is 18.0 Å². The zero-order valence-electron chi connectivity index (χ0n) is 18.9. The van der Waals surface area contributed by atoms with Gasteiger partial charge in [-0.25, -0.2) is 4.98 Å². The van der Waals surface area contributed by atoms with Crippen LogP contribution in [-0.2, 0) is 22.4 Å². The zero-order valence-corrected chi connectivity index (χ0v) is 20.5. The number of rotatable bonds is 6. The number of nitrogens with zero attached hydrogens (tertiary/aromatic N) is 2. The number of nitrogens with one attached hydrogen (secondary N) is 1. The van der Waals surface area contributed by atoms with Crippen molar-refractivity contribution in [3.8, 4) is 5.69 Å². The molecule has 2 aliphatic rings. The molecule has 1 aliphatic heterocycles. The second-order valence-electron chi connectivity index (χ2n) is 8.79. The van der Waals surface area contributed by atoms with Gasteiger partial charge in [0.2, 0.25) is 5.91 Å². The van der Waals surface area contributed by atoms with Crippen molar-refractivity contribution in [2.75, 3.05) is 18.9 Å². The van der Waals surface area contributed by atoms with Gasteiger partial charge < -0.3 is 10.1 Å². The number of hydrogen-bond donors (Lipinski definition) is 1. The van der Waals surface area contributed by atoms with Crippen LogP contribution >= 0.6 is 23.1 Å². The number of para-hydroxylation sites is 1. The molecule has 1 saturated heterocycles. The van der Waals surface area contributed by atoms with Gasteiger partial charge in [-0.05, 0) is 62.6 Å². The number of aryl methyl sites for hydroxylation is 3. The van der Waals surface area contributed by atoms with E-state index in [1.165, 1.54) is 28.6 Å². The van der Waals surface area contributed by atoms with Gasteiger partial charge in [-0.1, -0.05) is 36.4 Å². The van der Waals surface area contributed by atoms with Crippen molar-refractivity contribution >= 4 is 39.2 Å². The summed E-state index contributed by atoms with van der Waals surface area (Å²) in [5, 5.41) is 4.31. The van der Waals surface area contributed by atoms with E-state index in [1.807, 2.05) is 31.2 Å². The summed E-state index contributed by atoms with van der Waals surface area (Å²) >= 11 is 2.98. The topological polar surface area (TPSA) is 73.2 Å². The highest BCUT2D eigenvalue weighted by atomic mass is 32.2. The monoisotopic (exact) mass is 483 g/mol. The lowest BCUT2D eigenvalue weighted by molar-refractivity contribution is -0.119. The molecule has 0 saturated carbocycles. The highest BCUT2D eigenvalue weighted by Crippen LogP contribution is 2.35. The number of hydrogen-bond acceptors (Lipinski definition) is 6. The third kappa shape index (κ3) is 4.74. The molecule has 6 nitrogen and oxygen atoms in total. The molecule has 0 bridgehead atoms. The first-order valence-electron chi connectivity index (χ1n) is 11.8. The summed E-state index contributed by atoms with van der Waals surface area (Å²) in [7, 11) is 0. The Balaban J connectivity index is 1.50. The average Bonchev–Trinajstić information content (AvgIpc) is 3.39. The third-order valence-corrected chi connectivity index (χ3v) is 8.57. The van der Waals surface area contributed by atoms with E-state index in [4.69, 9.17) is 9.72 Å². The van der Waals surface area contributed by atoms with Crippen LogP contribution in [0.5, 0.6) is 0 Å². The van der Waals surface area contributed by atoms with Gasteiger partial charge in [0.1, 0.15) is 4.83 Å². The number of aromatic nitrogens is 2. The predicted molar refractivity (Wildman–Crippen MR) is 134 cm³/mol. The van der Waals surface area contributed by atoms with Crippen molar-refractivity contribution in [3.63, 3.8) is 0 Å². The SMILES string of the molecule is Cc1ccccc1-n1c(SCC(=O)NC[C@H]2CCCO2)nc2sc3c(c2c1=O)CCCCC3. The minimum absolute atomic E-state index is 0.0176. The standard InChI is InChI=1S/C25H29N3O3S2/c1-16-8-5-6-11-19(16)28-24(30)22-18-10-3-2-4-12-20(18)33-23(22)27-25(28)32-15-21(29)26-14-17-9-7-13-31-17/h5-6,8,11,17H,2-4,7,9-10,12-15H2,1H3,(H,26,29)/t17-/m1/s1. The molecule has 1 aliphatic carbocycles. The van der Waals surface area contributed by atoms with Crippen LogP contribution in [0.2, 0.25) is 0 Å². The third-order valence-electron chi connectivity index (χ3n) is 6.45. The molecule has 0 unspecified atom stereocenters. The Kier molecular flexibility index (Phi) is 6.85. The maximum atomic E-state index is 13.9. The Morgan fingerprint density at radius 1 is 1.24 bits per heavy atom. The fraction of sp³-hybridized carbons (Fsp3) is 0.480. The summed E-state index contributed by atoms with van der Waals surface area (Å²) in [5.74, 6) is 0.143. The molecular formula is C25H29N3O3S2. The Morgan fingerprint density at radius 3 is 2.91 bits per heavy atom. The summed E-state index contributed by atoms with van der Waals surface area (Å²) in [6, 6.07) is 7.87. The molecule has 1 aromatic carbocycles. The van der Waals surface area contributed by atoms with Crippen molar-refractivity contribution in [1.82, 2.24) is 14.9 Å². The highest BCUT2D eigenvalue weighted by molar-refractivity contribution is 7.99. The number of ether oxygens (including phenoxy) is 1.